The lowest BCUT2D eigenvalue weighted by atomic mass is 10.8. The van der Waals surface area contributed by atoms with Crippen molar-refractivity contribution in [3.63, 3.8) is 0 Å². The lowest BCUT2D eigenvalue weighted by Gasteiger charge is -2.11. The van der Waals surface area contributed by atoms with Gasteiger partial charge in [0.15, 0.2) is 10.2 Å². The minimum atomic E-state index is 0.841. The maximum absolute atomic E-state index is 5.71. The molecule has 0 aromatic rings. The predicted octanol–water partition coefficient (Wildman–Crippen LogP) is 4.85. The van der Waals surface area contributed by atoms with Crippen LogP contribution in [0.2, 0.25) is 0 Å². The number of hydrogen-bond acceptors (Lipinski definition) is 8. The second kappa shape index (κ2) is 5.37. The summed E-state index contributed by atoms with van der Waals surface area (Å²) >= 11 is 11.1. The quantitative estimate of drug-likeness (QED) is 0.608. The molecule has 0 unspecified atom stereocenters. The normalized spacial score (nSPS) is 31.1. The van der Waals surface area contributed by atoms with E-state index in [0.29, 0.717) is 0 Å². The van der Waals surface area contributed by atoms with E-state index in [1.165, 1.54) is 16.9 Å². The number of hydrogen-bond donors (Lipinski definition) is 0. The molecule has 0 radical (unpaired) electrons. The zero-order valence-electron chi connectivity index (χ0n) is 9.09. The van der Waals surface area contributed by atoms with Crippen molar-refractivity contribution in [3.05, 3.63) is 27.1 Å². The third-order valence-corrected chi connectivity index (χ3v) is 10.5. The zero-order chi connectivity index (χ0) is 11.9. The maximum atomic E-state index is 5.71. The summed E-state index contributed by atoms with van der Waals surface area (Å²) in [6, 6.07) is 0. The Bertz CT molecular complexity index is 411. The van der Waals surface area contributed by atoms with Gasteiger partial charge in [-0.25, -0.2) is 0 Å². The Kier molecular flexibility index (Phi) is 3.77. The molecule has 0 aliphatic carbocycles. The largest absolute Gasteiger partial charge is 0.484 e. The molecule has 0 saturated carbocycles. The lowest BCUT2D eigenvalue weighted by molar-refractivity contribution is 0.258. The van der Waals surface area contributed by atoms with E-state index in [9.17, 15) is 0 Å². The molecule has 18 heavy (non-hydrogen) atoms. The second-order valence-electron chi connectivity index (χ2n) is 3.53. The van der Waals surface area contributed by atoms with Gasteiger partial charge >= 0.3 is 0 Å². The third-order valence-electron chi connectivity index (χ3n) is 2.34. The fourth-order valence-electron chi connectivity index (χ4n) is 1.60. The molecular weight excluding hydrogens is 345 g/mol. The zero-order valence-corrected chi connectivity index (χ0v) is 14.0. The monoisotopic (exact) mass is 352 g/mol. The van der Waals surface area contributed by atoms with Gasteiger partial charge in [0.2, 0.25) is 0 Å². The summed E-state index contributed by atoms with van der Waals surface area (Å²) < 4.78 is 16.8. The van der Waals surface area contributed by atoms with Gasteiger partial charge in [-0.15, -0.1) is 23.5 Å². The van der Waals surface area contributed by atoms with E-state index in [0.717, 1.165) is 34.9 Å². The van der Waals surface area contributed by atoms with Crippen molar-refractivity contribution in [2.75, 3.05) is 24.7 Å². The number of thioether (sulfide) groups is 6. The minimum absolute atomic E-state index is 0.841. The first kappa shape index (κ1) is 12.6. The first-order valence-electron chi connectivity index (χ1n) is 5.35. The molecule has 0 amide bonds. The predicted molar refractivity (Wildman–Crippen MR) is 88.3 cm³/mol. The van der Waals surface area contributed by atoms with Crippen molar-refractivity contribution in [3.8, 4) is 0 Å². The van der Waals surface area contributed by atoms with Crippen molar-refractivity contribution in [1.82, 2.24) is 0 Å². The van der Waals surface area contributed by atoms with Gasteiger partial charge < -0.3 is 9.47 Å². The van der Waals surface area contributed by atoms with E-state index in [4.69, 9.17) is 9.47 Å². The van der Waals surface area contributed by atoms with Crippen molar-refractivity contribution in [2.24, 2.45) is 0 Å². The van der Waals surface area contributed by atoms with Gasteiger partial charge in [-0.3, -0.25) is 0 Å². The molecule has 96 valence electrons. The summed E-state index contributed by atoms with van der Waals surface area (Å²) in [6.07, 6.45) is 0. The minimum Gasteiger partial charge on any atom is -0.484 e. The molecule has 0 spiro atoms. The first-order valence-corrected chi connectivity index (χ1v) is 10.6. The highest BCUT2D eigenvalue weighted by Crippen LogP contribution is 2.64. The molecule has 0 bridgehead atoms. The Labute approximate surface area is 131 Å². The van der Waals surface area contributed by atoms with Gasteiger partial charge in [0.25, 0.3) is 0 Å². The Morgan fingerprint density at radius 3 is 1.56 bits per heavy atom. The van der Waals surface area contributed by atoms with Crippen LogP contribution in [-0.2, 0) is 9.47 Å². The summed E-state index contributed by atoms with van der Waals surface area (Å²) in [4.78, 5) is 0. The summed E-state index contributed by atoms with van der Waals surface area (Å²) in [5.74, 6) is 2.14. The summed E-state index contributed by atoms with van der Waals surface area (Å²) in [6.45, 7) is 1.68. The van der Waals surface area contributed by atoms with Crippen LogP contribution in [0.3, 0.4) is 0 Å². The van der Waals surface area contributed by atoms with Gasteiger partial charge in [-0.05, 0) is 23.5 Å². The lowest BCUT2D eigenvalue weighted by Crippen LogP contribution is -2.00. The molecule has 0 fully saturated rings. The molecule has 4 aliphatic heterocycles. The van der Waals surface area contributed by atoms with Crippen molar-refractivity contribution in [2.45, 2.75) is 0 Å². The number of ether oxygens (including phenoxy) is 2. The van der Waals surface area contributed by atoms with Crippen molar-refractivity contribution in [1.29, 1.82) is 0 Å². The Hall–Kier alpha value is 0.920. The summed E-state index contributed by atoms with van der Waals surface area (Å²) in [5, 5.41) is 2.22. The molecule has 0 saturated heterocycles. The van der Waals surface area contributed by atoms with E-state index >= 15 is 0 Å². The van der Waals surface area contributed by atoms with Crippen LogP contribution in [0.15, 0.2) is 27.1 Å². The fraction of sp³-hybridized carbons (Fsp3) is 0.400. The first-order chi connectivity index (χ1) is 8.90. The van der Waals surface area contributed by atoms with Crippen LogP contribution in [0, 0.1) is 0 Å². The molecule has 0 atom stereocenters. The van der Waals surface area contributed by atoms with E-state index in [-0.39, 0.29) is 0 Å². The summed E-state index contributed by atoms with van der Waals surface area (Å²) in [7, 11) is 0. The highest BCUT2D eigenvalue weighted by molar-refractivity contribution is 8.40. The van der Waals surface area contributed by atoms with Gasteiger partial charge in [0.05, 0.1) is 30.2 Å². The van der Waals surface area contributed by atoms with E-state index in [2.05, 4.69) is 0 Å². The molecule has 4 heterocycles. The molecule has 2 nitrogen and oxygen atoms in total. The van der Waals surface area contributed by atoms with Crippen LogP contribution < -0.4 is 0 Å². The second-order valence-corrected chi connectivity index (χ2v) is 10.8. The van der Waals surface area contributed by atoms with Crippen molar-refractivity contribution >= 4 is 70.6 Å². The van der Waals surface area contributed by atoms with Gasteiger partial charge in [0, 0.05) is 11.5 Å². The Morgan fingerprint density at radius 1 is 0.611 bits per heavy atom. The maximum Gasteiger partial charge on any atom is 0.178 e. The highest BCUT2D eigenvalue weighted by atomic mass is 32.2. The topological polar surface area (TPSA) is 18.5 Å². The van der Waals surface area contributed by atoms with Gasteiger partial charge in [-0.1, -0.05) is 23.5 Å². The van der Waals surface area contributed by atoms with Crippen LogP contribution >= 0.6 is 70.6 Å². The van der Waals surface area contributed by atoms with Crippen LogP contribution in [0.1, 0.15) is 0 Å². The van der Waals surface area contributed by atoms with E-state index in [1.54, 1.807) is 23.5 Å². The SMILES string of the molecule is C1CSC2=C(O1)S/C(=C1\SC3=C(SCCO3)S1)S2. The summed E-state index contributed by atoms with van der Waals surface area (Å²) in [5.41, 5.74) is 0. The molecule has 0 N–H and O–H groups in total. The average molecular weight is 353 g/mol. The van der Waals surface area contributed by atoms with Gasteiger partial charge in [-0.2, -0.15) is 0 Å². The van der Waals surface area contributed by atoms with Crippen LogP contribution in [0.25, 0.3) is 0 Å². The highest BCUT2D eigenvalue weighted by Gasteiger charge is 2.34. The van der Waals surface area contributed by atoms with Crippen molar-refractivity contribution < 1.29 is 9.47 Å². The third kappa shape index (κ3) is 2.33. The molecular formula is C10H8O2S6. The molecule has 8 heteroatoms. The smallest absolute Gasteiger partial charge is 0.178 e. The van der Waals surface area contributed by atoms with E-state index in [1.807, 2.05) is 47.0 Å². The molecule has 0 aromatic carbocycles. The standard InChI is InChI=1S/C10H8O2S6/c1-3-13-7-5(11-1)15-9(17-7)10-16-6-8(18-10)14-4-2-12-6/h1-4H2/b10-9-. The van der Waals surface area contributed by atoms with Crippen LogP contribution in [0.4, 0.5) is 0 Å². The number of rotatable bonds is 0. The Balaban J connectivity index is 1.54. The van der Waals surface area contributed by atoms with E-state index < -0.39 is 0 Å². The Morgan fingerprint density at radius 2 is 1.11 bits per heavy atom. The molecule has 4 aliphatic rings. The average Bonchev–Trinajstić information content (AvgIpc) is 3.02. The molecule has 0 aromatic heterocycles. The fourth-order valence-corrected chi connectivity index (χ4v) is 9.58. The van der Waals surface area contributed by atoms with Crippen LogP contribution in [-0.4, -0.2) is 24.7 Å². The van der Waals surface area contributed by atoms with Gasteiger partial charge in [0.1, 0.15) is 0 Å². The molecule has 4 rings (SSSR count). The van der Waals surface area contributed by atoms with Crippen LogP contribution in [0.5, 0.6) is 0 Å².